The molecular formula is C15H23Cl2N. The summed E-state index contributed by atoms with van der Waals surface area (Å²) in [5, 5.41) is 5.01. The highest BCUT2D eigenvalue weighted by atomic mass is 35.5. The Morgan fingerprint density at radius 3 is 2.39 bits per heavy atom. The molecule has 0 fully saturated rings. The molecule has 3 heteroatoms. The van der Waals surface area contributed by atoms with Crippen molar-refractivity contribution in [3.63, 3.8) is 0 Å². The van der Waals surface area contributed by atoms with Gasteiger partial charge < -0.3 is 5.32 Å². The molecule has 0 aliphatic rings. The van der Waals surface area contributed by atoms with Crippen LogP contribution in [0.2, 0.25) is 10.0 Å². The van der Waals surface area contributed by atoms with Gasteiger partial charge in [0.25, 0.3) is 0 Å². The number of hydrogen-bond donors (Lipinski definition) is 1. The summed E-state index contributed by atoms with van der Waals surface area (Å²) in [6, 6.07) is 6.03. The van der Waals surface area contributed by atoms with Crippen LogP contribution >= 0.6 is 23.2 Å². The molecule has 0 amide bonds. The second-order valence-electron chi connectivity index (χ2n) is 5.89. The standard InChI is InChI=1S/C15H23Cl2N/c1-5-14(18-9-8-15(2,3)4)12-7-6-11(16)10-13(12)17/h6-7,10,14,18H,5,8-9H2,1-4H3. The first kappa shape index (κ1) is 15.8. The summed E-state index contributed by atoms with van der Waals surface area (Å²) in [5.74, 6) is 0. The van der Waals surface area contributed by atoms with Crippen molar-refractivity contribution in [2.45, 2.75) is 46.6 Å². The molecule has 0 aromatic heterocycles. The lowest BCUT2D eigenvalue weighted by atomic mass is 9.92. The normalized spacial score (nSPS) is 13.7. The predicted octanol–water partition coefficient (Wildman–Crippen LogP) is 5.47. The van der Waals surface area contributed by atoms with Gasteiger partial charge in [-0.05, 0) is 42.5 Å². The molecule has 0 heterocycles. The van der Waals surface area contributed by atoms with E-state index >= 15 is 0 Å². The molecule has 1 atom stereocenters. The van der Waals surface area contributed by atoms with Crippen molar-refractivity contribution in [2.24, 2.45) is 5.41 Å². The second-order valence-corrected chi connectivity index (χ2v) is 6.74. The summed E-state index contributed by atoms with van der Waals surface area (Å²) >= 11 is 12.2. The van der Waals surface area contributed by atoms with E-state index < -0.39 is 0 Å². The van der Waals surface area contributed by atoms with Crippen LogP contribution in [0.25, 0.3) is 0 Å². The Kier molecular flexibility index (Phi) is 5.97. The summed E-state index contributed by atoms with van der Waals surface area (Å²) in [5.41, 5.74) is 1.49. The van der Waals surface area contributed by atoms with Crippen molar-refractivity contribution in [1.29, 1.82) is 0 Å². The minimum absolute atomic E-state index is 0.303. The predicted molar refractivity (Wildman–Crippen MR) is 81.6 cm³/mol. The van der Waals surface area contributed by atoms with Crippen LogP contribution in [-0.2, 0) is 0 Å². The first-order chi connectivity index (χ1) is 8.33. The first-order valence-corrected chi connectivity index (χ1v) is 7.27. The highest BCUT2D eigenvalue weighted by Crippen LogP contribution is 2.28. The summed E-state index contributed by atoms with van der Waals surface area (Å²) in [4.78, 5) is 0. The van der Waals surface area contributed by atoms with Crippen molar-refractivity contribution in [1.82, 2.24) is 5.32 Å². The molecule has 0 bridgehead atoms. The minimum Gasteiger partial charge on any atom is -0.310 e. The summed E-state index contributed by atoms with van der Waals surface area (Å²) < 4.78 is 0. The van der Waals surface area contributed by atoms with Crippen molar-refractivity contribution in [3.05, 3.63) is 33.8 Å². The number of rotatable bonds is 5. The third kappa shape index (κ3) is 5.17. The Morgan fingerprint density at radius 1 is 1.22 bits per heavy atom. The molecule has 1 aromatic carbocycles. The number of hydrogen-bond acceptors (Lipinski definition) is 1. The van der Waals surface area contributed by atoms with Crippen molar-refractivity contribution in [3.8, 4) is 0 Å². The Morgan fingerprint density at radius 2 is 1.89 bits per heavy atom. The molecule has 0 aliphatic heterocycles. The van der Waals surface area contributed by atoms with Gasteiger partial charge in [-0.1, -0.05) is 57.0 Å². The van der Waals surface area contributed by atoms with Gasteiger partial charge in [0.05, 0.1) is 0 Å². The second kappa shape index (κ2) is 6.79. The van der Waals surface area contributed by atoms with E-state index in [2.05, 4.69) is 33.0 Å². The molecule has 1 N–H and O–H groups in total. The highest BCUT2D eigenvalue weighted by molar-refractivity contribution is 6.35. The largest absolute Gasteiger partial charge is 0.310 e. The van der Waals surface area contributed by atoms with E-state index in [4.69, 9.17) is 23.2 Å². The molecule has 0 saturated heterocycles. The van der Waals surface area contributed by atoms with Crippen molar-refractivity contribution < 1.29 is 0 Å². The van der Waals surface area contributed by atoms with Crippen LogP contribution in [0.4, 0.5) is 0 Å². The summed E-state index contributed by atoms with van der Waals surface area (Å²) in [6.07, 6.45) is 2.17. The minimum atomic E-state index is 0.303. The van der Waals surface area contributed by atoms with Crippen LogP contribution < -0.4 is 5.32 Å². The zero-order valence-electron chi connectivity index (χ0n) is 11.7. The molecule has 0 radical (unpaired) electrons. The van der Waals surface area contributed by atoms with E-state index in [1.54, 1.807) is 0 Å². The van der Waals surface area contributed by atoms with Gasteiger partial charge >= 0.3 is 0 Å². The molecule has 0 aliphatic carbocycles. The van der Waals surface area contributed by atoms with Crippen molar-refractivity contribution in [2.75, 3.05) is 6.54 Å². The zero-order chi connectivity index (χ0) is 13.8. The van der Waals surface area contributed by atoms with E-state index in [1.807, 2.05) is 18.2 Å². The smallest absolute Gasteiger partial charge is 0.0468 e. The summed E-state index contributed by atoms with van der Waals surface area (Å²) in [6.45, 7) is 9.93. The highest BCUT2D eigenvalue weighted by Gasteiger charge is 2.15. The van der Waals surface area contributed by atoms with Crippen LogP contribution in [0.1, 0.15) is 52.1 Å². The first-order valence-electron chi connectivity index (χ1n) is 6.52. The van der Waals surface area contributed by atoms with Gasteiger partial charge in [0, 0.05) is 16.1 Å². The third-order valence-electron chi connectivity index (χ3n) is 3.01. The molecule has 0 saturated carbocycles. The summed E-state index contributed by atoms with van der Waals surface area (Å²) in [7, 11) is 0. The van der Waals surface area contributed by atoms with Gasteiger partial charge in [-0.25, -0.2) is 0 Å². The topological polar surface area (TPSA) is 12.0 Å². The average molecular weight is 288 g/mol. The molecule has 18 heavy (non-hydrogen) atoms. The molecular weight excluding hydrogens is 265 g/mol. The fraction of sp³-hybridized carbons (Fsp3) is 0.600. The van der Waals surface area contributed by atoms with Gasteiger partial charge in [-0.15, -0.1) is 0 Å². The van der Waals surface area contributed by atoms with Crippen molar-refractivity contribution >= 4 is 23.2 Å². The SMILES string of the molecule is CCC(NCCC(C)(C)C)c1ccc(Cl)cc1Cl. The van der Waals surface area contributed by atoms with Gasteiger partial charge in [0.15, 0.2) is 0 Å². The lowest BCUT2D eigenvalue weighted by molar-refractivity contribution is 0.352. The fourth-order valence-electron chi connectivity index (χ4n) is 1.88. The Hall–Kier alpha value is -0.240. The van der Waals surface area contributed by atoms with E-state index in [-0.39, 0.29) is 0 Å². The molecule has 1 rings (SSSR count). The van der Waals surface area contributed by atoms with Crippen LogP contribution in [0, 0.1) is 5.41 Å². The quantitative estimate of drug-likeness (QED) is 0.757. The maximum Gasteiger partial charge on any atom is 0.0468 e. The fourth-order valence-corrected chi connectivity index (χ4v) is 2.42. The molecule has 1 unspecified atom stereocenters. The van der Waals surface area contributed by atoms with Crippen LogP contribution in [-0.4, -0.2) is 6.54 Å². The Labute approximate surface area is 121 Å². The van der Waals surface area contributed by atoms with Crippen LogP contribution in [0.5, 0.6) is 0 Å². The van der Waals surface area contributed by atoms with E-state index in [0.717, 1.165) is 30.0 Å². The van der Waals surface area contributed by atoms with E-state index in [0.29, 0.717) is 16.5 Å². The van der Waals surface area contributed by atoms with Gasteiger partial charge in [-0.2, -0.15) is 0 Å². The van der Waals surface area contributed by atoms with E-state index in [9.17, 15) is 0 Å². The molecule has 102 valence electrons. The zero-order valence-corrected chi connectivity index (χ0v) is 13.2. The lowest BCUT2D eigenvalue weighted by Gasteiger charge is -2.23. The van der Waals surface area contributed by atoms with Gasteiger partial charge in [-0.3, -0.25) is 0 Å². The van der Waals surface area contributed by atoms with E-state index in [1.165, 1.54) is 0 Å². The van der Waals surface area contributed by atoms with Crippen LogP contribution in [0.15, 0.2) is 18.2 Å². The van der Waals surface area contributed by atoms with Gasteiger partial charge in [0.1, 0.15) is 0 Å². The number of benzene rings is 1. The maximum atomic E-state index is 6.25. The maximum absolute atomic E-state index is 6.25. The Balaban J connectivity index is 2.66. The number of nitrogens with one attached hydrogen (secondary N) is 1. The third-order valence-corrected chi connectivity index (χ3v) is 3.57. The lowest BCUT2D eigenvalue weighted by Crippen LogP contribution is -2.25. The average Bonchev–Trinajstić information content (AvgIpc) is 2.24. The Bertz CT molecular complexity index is 383. The molecule has 0 spiro atoms. The van der Waals surface area contributed by atoms with Gasteiger partial charge in [0.2, 0.25) is 0 Å². The monoisotopic (exact) mass is 287 g/mol. The molecule has 1 aromatic rings. The molecule has 1 nitrogen and oxygen atoms in total. The van der Waals surface area contributed by atoms with Crippen LogP contribution in [0.3, 0.4) is 0 Å². The number of halogens is 2.